The minimum Gasteiger partial charge on any atom is -0.497 e. The minimum atomic E-state index is -0.115. The van der Waals surface area contributed by atoms with Gasteiger partial charge in [0, 0.05) is 18.5 Å². The number of benzene rings is 1. The second-order valence-electron chi connectivity index (χ2n) is 6.41. The molecule has 0 saturated heterocycles. The van der Waals surface area contributed by atoms with Crippen molar-refractivity contribution in [2.24, 2.45) is 0 Å². The minimum absolute atomic E-state index is 0.115. The Morgan fingerprint density at radius 2 is 1.85 bits per heavy atom. The standard InChI is InChI=1S/C19H24N6O2/c1-12-16(13(2)23-22-12)9-11-18(26)21-19-20-17(24-25-19)10-6-14-4-7-15(27-3)8-5-14/h4-5,7-8H,6,9-11H2,1-3H3,(H,22,23)(H2,20,21,24,25,26). The molecule has 1 amide bonds. The van der Waals surface area contributed by atoms with E-state index in [0.29, 0.717) is 25.2 Å². The zero-order chi connectivity index (χ0) is 19.2. The third-order valence-corrected chi connectivity index (χ3v) is 4.48. The summed E-state index contributed by atoms with van der Waals surface area (Å²) in [5.74, 6) is 1.77. The van der Waals surface area contributed by atoms with Crippen molar-refractivity contribution >= 4 is 11.9 Å². The van der Waals surface area contributed by atoms with Crippen LogP contribution in [0.1, 0.15) is 34.8 Å². The summed E-state index contributed by atoms with van der Waals surface area (Å²) in [6.45, 7) is 3.89. The Bertz CT molecular complexity index is 878. The third-order valence-electron chi connectivity index (χ3n) is 4.48. The second-order valence-corrected chi connectivity index (χ2v) is 6.41. The van der Waals surface area contributed by atoms with E-state index in [1.807, 2.05) is 38.1 Å². The molecule has 1 aromatic carbocycles. The first-order chi connectivity index (χ1) is 13.0. The van der Waals surface area contributed by atoms with E-state index in [-0.39, 0.29) is 5.91 Å². The number of aromatic nitrogens is 5. The van der Waals surface area contributed by atoms with Crippen LogP contribution in [0.25, 0.3) is 0 Å². The van der Waals surface area contributed by atoms with E-state index in [2.05, 4.69) is 30.7 Å². The number of carbonyl (C=O) groups is 1. The van der Waals surface area contributed by atoms with Crippen molar-refractivity contribution in [3.8, 4) is 5.75 Å². The maximum absolute atomic E-state index is 12.1. The van der Waals surface area contributed by atoms with Crippen molar-refractivity contribution in [1.29, 1.82) is 0 Å². The molecule has 0 aliphatic carbocycles. The van der Waals surface area contributed by atoms with E-state index < -0.39 is 0 Å². The Morgan fingerprint density at radius 3 is 2.52 bits per heavy atom. The SMILES string of the molecule is COc1ccc(CCc2nc(NC(=O)CCc3c(C)n[nH]c3C)n[nH]2)cc1. The highest BCUT2D eigenvalue weighted by Crippen LogP contribution is 2.14. The fourth-order valence-corrected chi connectivity index (χ4v) is 2.89. The van der Waals surface area contributed by atoms with Gasteiger partial charge in [0.1, 0.15) is 11.6 Å². The number of aryl methyl sites for hydroxylation is 4. The maximum atomic E-state index is 12.1. The second kappa shape index (κ2) is 8.48. The summed E-state index contributed by atoms with van der Waals surface area (Å²) in [5.41, 5.74) is 4.20. The summed E-state index contributed by atoms with van der Waals surface area (Å²) in [7, 11) is 1.65. The van der Waals surface area contributed by atoms with E-state index in [9.17, 15) is 4.79 Å². The van der Waals surface area contributed by atoms with Gasteiger partial charge in [0.05, 0.1) is 12.8 Å². The molecule has 0 atom stereocenters. The molecule has 3 N–H and O–H groups in total. The predicted molar refractivity (Wildman–Crippen MR) is 102 cm³/mol. The molecule has 2 heterocycles. The van der Waals surface area contributed by atoms with Gasteiger partial charge in [0.2, 0.25) is 11.9 Å². The number of rotatable bonds is 8. The third kappa shape index (κ3) is 4.93. The number of aromatic amines is 2. The maximum Gasteiger partial charge on any atom is 0.248 e. The van der Waals surface area contributed by atoms with Crippen LogP contribution in [-0.2, 0) is 24.1 Å². The lowest BCUT2D eigenvalue weighted by molar-refractivity contribution is -0.116. The average Bonchev–Trinajstić information content (AvgIpc) is 3.25. The molecule has 0 fully saturated rings. The van der Waals surface area contributed by atoms with Crippen LogP contribution >= 0.6 is 0 Å². The number of hydrogen-bond donors (Lipinski definition) is 3. The Balaban J connectivity index is 1.47. The highest BCUT2D eigenvalue weighted by molar-refractivity contribution is 5.89. The van der Waals surface area contributed by atoms with Crippen LogP contribution < -0.4 is 10.1 Å². The number of carbonyl (C=O) groups excluding carboxylic acids is 1. The number of hydrogen-bond acceptors (Lipinski definition) is 5. The van der Waals surface area contributed by atoms with Crippen LogP contribution in [-0.4, -0.2) is 38.4 Å². The summed E-state index contributed by atoms with van der Waals surface area (Å²) in [6, 6.07) is 7.92. The van der Waals surface area contributed by atoms with E-state index in [0.717, 1.165) is 34.9 Å². The number of anilines is 1. The van der Waals surface area contributed by atoms with Gasteiger partial charge in [0.25, 0.3) is 0 Å². The predicted octanol–water partition coefficient (Wildman–Crippen LogP) is 2.51. The van der Waals surface area contributed by atoms with Gasteiger partial charge in [0.15, 0.2) is 0 Å². The largest absolute Gasteiger partial charge is 0.497 e. The van der Waals surface area contributed by atoms with Crippen LogP contribution in [0.15, 0.2) is 24.3 Å². The molecule has 0 radical (unpaired) electrons. The summed E-state index contributed by atoms with van der Waals surface area (Å²) >= 11 is 0. The van der Waals surface area contributed by atoms with Crippen molar-refractivity contribution in [2.45, 2.75) is 39.5 Å². The van der Waals surface area contributed by atoms with Gasteiger partial charge < -0.3 is 4.74 Å². The van der Waals surface area contributed by atoms with E-state index in [1.165, 1.54) is 5.56 Å². The summed E-state index contributed by atoms with van der Waals surface area (Å²) in [6.07, 6.45) is 2.53. The van der Waals surface area contributed by atoms with Gasteiger partial charge in [-0.3, -0.25) is 20.3 Å². The lowest BCUT2D eigenvalue weighted by atomic mass is 10.1. The molecular weight excluding hydrogens is 344 g/mol. The van der Waals surface area contributed by atoms with Gasteiger partial charge in [-0.15, -0.1) is 5.10 Å². The van der Waals surface area contributed by atoms with Crippen LogP contribution in [0.5, 0.6) is 5.75 Å². The van der Waals surface area contributed by atoms with Crippen LogP contribution in [0.2, 0.25) is 0 Å². The first kappa shape index (κ1) is 18.6. The number of amides is 1. The molecule has 0 saturated carbocycles. The highest BCUT2D eigenvalue weighted by Gasteiger charge is 2.11. The number of methoxy groups -OCH3 is 1. The van der Waals surface area contributed by atoms with Gasteiger partial charge >= 0.3 is 0 Å². The Morgan fingerprint density at radius 1 is 1.07 bits per heavy atom. The van der Waals surface area contributed by atoms with E-state index in [4.69, 9.17) is 4.74 Å². The van der Waals surface area contributed by atoms with Crippen LogP contribution in [0.3, 0.4) is 0 Å². The first-order valence-electron chi connectivity index (χ1n) is 8.89. The molecular formula is C19H24N6O2. The van der Waals surface area contributed by atoms with Crippen molar-refractivity contribution < 1.29 is 9.53 Å². The van der Waals surface area contributed by atoms with Crippen LogP contribution in [0, 0.1) is 13.8 Å². The van der Waals surface area contributed by atoms with Gasteiger partial charge in [-0.25, -0.2) is 0 Å². The zero-order valence-corrected chi connectivity index (χ0v) is 15.8. The lowest BCUT2D eigenvalue weighted by Crippen LogP contribution is -2.13. The normalized spacial score (nSPS) is 10.8. The zero-order valence-electron chi connectivity index (χ0n) is 15.8. The van der Waals surface area contributed by atoms with Crippen molar-refractivity contribution in [3.05, 3.63) is 52.6 Å². The molecule has 0 aliphatic rings. The summed E-state index contributed by atoms with van der Waals surface area (Å²) in [5, 5.41) is 16.8. The summed E-state index contributed by atoms with van der Waals surface area (Å²) in [4.78, 5) is 16.5. The molecule has 0 aliphatic heterocycles. The topological polar surface area (TPSA) is 109 Å². The Kier molecular flexibility index (Phi) is 5.85. The molecule has 3 rings (SSSR count). The van der Waals surface area contributed by atoms with Crippen LogP contribution in [0.4, 0.5) is 5.95 Å². The molecule has 0 unspecified atom stereocenters. The molecule has 0 spiro atoms. The smallest absolute Gasteiger partial charge is 0.248 e. The molecule has 3 aromatic rings. The quantitative estimate of drug-likeness (QED) is 0.566. The molecule has 8 heteroatoms. The number of H-pyrrole nitrogens is 2. The average molecular weight is 368 g/mol. The Labute approximate surface area is 157 Å². The van der Waals surface area contributed by atoms with Crippen molar-refractivity contribution in [2.75, 3.05) is 12.4 Å². The molecule has 2 aromatic heterocycles. The fraction of sp³-hybridized carbons (Fsp3) is 0.368. The van der Waals surface area contributed by atoms with Gasteiger partial charge in [-0.05, 0) is 49.9 Å². The molecule has 0 bridgehead atoms. The van der Waals surface area contributed by atoms with Gasteiger partial charge in [-0.2, -0.15) is 10.1 Å². The molecule has 8 nitrogen and oxygen atoms in total. The van der Waals surface area contributed by atoms with Crippen molar-refractivity contribution in [1.82, 2.24) is 25.4 Å². The van der Waals surface area contributed by atoms with Gasteiger partial charge in [-0.1, -0.05) is 12.1 Å². The number of ether oxygens (including phenoxy) is 1. The monoisotopic (exact) mass is 368 g/mol. The van der Waals surface area contributed by atoms with E-state index >= 15 is 0 Å². The molecule has 27 heavy (non-hydrogen) atoms. The van der Waals surface area contributed by atoms with Crippen molar-refractivity contribution in [3.63, 3.8) is 0 Å². The molecule has 142 valence electrons. The lowest BCUT2D eigenvalue weighted by Gasteiger charge is -2.02. The first-order valence-corrected chi connectivity index (χ1v) is 8.89. The number of nitrogens with zero attached hydrogens (tertiary/aromatic N) is 3. The highest BCUT2D eigenvalue weighted by atomic mass is 16.5. The number of nitrogens with one attached hydrogen (secondary N) is 3. The fourth-order valence-electron chi connectivity index (χ4n) is 2.89. The summed E-state index contributed by atoms with van der Waals surface area (Å²) < 4.78 is 5.15. The Hall–Kier alpha value is -3.16. The van der Waals surface area contributed by atoms with E-state index in [1.54, 1.807) is 7.11 Å².